The molecular weight excluding hydrogens is 390 g/mol. The van der Waals surface area contributed by atoms with Gasteiger partial charge < -0.3 is 9.64 Å². The van der Waals surface area contributed by atoms with Crippen molar-refractivity contribution in [3.63, 3.8) is 0 Å². The molecule has 0 aliphatic rings. The average Bonchev–Trinajstić information content (AvgIpc) is 3.10. The topological polar surface area (TPSA) is 29.5 Å². The molecule has 1 aromatic heterocycles. The van der Waals surface area contributed by atoms with Crippen molar-refractivity contribution in [2.75, 3.05) is 13.1 Å². The van der Waals surface area contributed by atoms with Gasteiger partial charge in [-0.1, -0.05) is 69.9 Å². The van der Waals surface area contributed by atoms with Gasteiger partial charge in [-0.05, 0) is 39.2 Å². The minimum Gasteiger partial charge on any atom is -0.409 e. The molecule has 1 aromatic carbocycles. The van der Waals surface area contributed by atoms with E-state index in [0.717, 1.165) is 34.9 Å². The third kappa shape index (κ3) is 6.77. The monoisotopic (exact) mass is 427 g/mol. The van der Waals surface area contributed by atoms with Crippen LogP contribution in [0.1, 0.15) is 89.5 Å². The molecule has 1 amide bonds. The van der Waals surface area contributed by atoms with Gasteiger partial charge in [-0.3, -0.25) is 0 Å². The molecule has 0 aliphatic heterocycles. The zero-order valence-electron chi connectivity index (χ0n) is 19.2. The normalized spacial score (nSPS) is 10.7. The summed E-state index contributed by atoms with van der Waals surface area (Å²) in [4.78, 5) is 15.5. The Morgan fingerprint density at radius 3 is 2.43 bits per heavy atom. The highest BCUT2D eigenvalue weighted by atomic mass is 32.1. The van der Waals surface area contributed by atoms with Crippen LogP contribution in [0.2, 0.25) is 0 Å². The number of amides is 1. The second kappa shape index (κ2) is 13.3. The van der Waals surface area contributed by atoms with Gasteiger partial charge in [0, 0.05) is 35.3 Å². The Bertz CT molecular complexity index is 855. The van der Waals surface area contributed by atoms with Crippen molar-refractivity contribution in [1.29, 1.82) is 0 Å². The summed E-state index contributed by atoms with van der Waals surface area (Å²) in [6, 6.07) is 5.99. The summed E-state index contributed by atoms with van der Waals surface area (Å²) in [5, 5.41) is 1.12. The first kappa shape index (κ1) is 24.3. The van der Waals surface area contributed by atoms with E-state index in [0.29, 0.717) is 18.8 Å². The fourth-order valence-corrected chi connectivity index (χ4v) is 4.75. The lowest BCUT2D eigenvalue weighted by Crippen LogP contribution is -2.33. The summed E-state index contributed by atoms with van der Waals surface area (Å²) < 4.78 is 6.83. The molecule has 3 nitrogen and oxygen atoms in total. The third-order valence-electron chi connectivity index (χ3n) is 5.35. The standard InChI is InChI=1S/C26H37NO2S/c1-5-9-11-13-14-17-21-22-18-16-19-23(29-26(28)27(7-3)8-4)25(22)30-24(21)20-15-12-10-6-2/h16,18-19H,5-13,15,20H2,1-4H3. The molecule has 1 heterocycles. The van der Waals surface area contributed by atoms with Crippen LogP contribution in [-0.2, 0) is 6.42 Å². The van der Waals surface area contributed by atoms with Gasteiger partial charge >= 0.3 is 6.09 Å². The van der Waals surface area contributed by atoms with Gasteiger partial charge in [0.05, 0.1) is 4.70 Å². The molecule has 4 heteroatoms. The maximum Gasteiger partial charge on any atom is 0.415 e. The first-order valence-corrected chi connectivity index (χ1v) is 12.5. The van der Waals surface area contributed by atoms with Gasteiger partial charge in [-0.25, -0.2) is 4.79 Å². The Balaban J connectivity index is 2.33. The van der Waals surface area contributed by atoms with Crippen LogP contribution in [0.4, 0.5) is 4.79 Å². The number of benzene rings is 1. The van der Waals surface area contributed by atoms with Crippen LogP contribution in [0.15, 0.2) is 18.2 Å². The van der Waals surface area contributed by atoms with Crippen LogP contribution in [0.3, 0.4) is 0 Å². The molecule has 0 unspecified atom stereocenters. The van der Waals surface area contributed by atoms with Gasteiger partial charge in [-0.15, -0.1) is 11.3 Å². The highest BCUT2D eigenvalue weighted by Crippen LogP contribution is 2.38. The Morgan fingerprint density at radius 1 is 1.00 bits per heavy atom. The lowest BCUT2D eigenvalue weighted by Gasteiger charge is -2.18. The van der Waals surface area contributed by atoms with Crippen molar-refractivity contribution in [1.82, 2.24) is 4.90 Å². The summed E-state index contributed by atoms with van der Waals surface area (Å²) in [5.74, 6) is 7.52. The minimum absolute atomic E-state index is 0.280. The molecule has 0 saturated carbocycles. The Morgan fingerprint density at radius 2 is 1.73 bits per heavy atom. The van der Waals surface area contributed by atoms with E-state index < -0.39 is 0 Å². The number of hydrogen-bond acceptors (Lipinski definition) is 3. The predicted octanol–water partition coefficient (Wildman–Crippen LogP) is 7.80. The third-order valence-corrected chi connectivity index (χ3v) is 6.63. The van der Waals surface area contributed by atoms with Crippen LogP contribution in [0.5, 0.6) is 5.75 Å². The molecule has 0 fully saturated rings. The van der Waals surface area contributed by atoms with Crippen LogP contribution in [0.25, 0.3) is 10.1 Å². The molecular formula is C26H37NO2S. The number of nitrogens with zero attached hydrogens (tertiary/aromatic N) is 1. The van der Waals surface area contributed by atoms with Crippen molar-refractivity contribution in [3.05, 3.63) is 28.6 Å². The zero-order valence-corrected chi connectivity index (χ0v) is 20.0. The van der Waals surface area contributed by atoms with E-state index in [1.54, 1.807) is 16.2 Å². The van der Waals surface area contributed by atoms with Crippen LogP contribution >= 0.6 is 11.3 Å². The van der Waals surface area contributed by atoms with Gasteiger partial charge in [0.1, 0.15) is 0 Å². The smallest absolute Gasteiger partial charge is 0.409 e. The van der Waals surface area contributed by atoms with E-state index in [2.05, 4.69) is 31.8 Å². The fraction of sp³-hybridized carbons (Fsp3) is 0.577. The van der Waals surface area contributed by atoms with Crippen molar-refractivity contribution in [2.45, 2.75) is 85.5 Å². The van der Waals surface area contributed by atoms with E-state index in [1.807, 2.05) is 26.0 Å². The van der Waals surface area contributed by atoms with E-state index >= 15 is 0 Å². The average molecular weight is 428 g/mol. The highest BCUT2D eigenvalue weighted by Gasteiger charge is 2.18. The number of aryl methyl sites for hydroxylation is 1. The number of carbonyl (C=O) groups excluding carboxylic acids is 1. The molecule has 0 spiro atoms. The summed E-state index contributed by atoms with van der Waals surface area (Å²) >= 11 is 1.75. The van der Waals surface area contributed by atoms with Crippen LogP contribution < -0.4 is 4.74 Å². The molecule has 30 heavy (non-hydrogen) atoms. The van der Waals surface area contributed by atoms with E-state index in [-0.39, 0.29) is 6.09 Å². The summed E-state index contributed by atoms with van der Waals surface area (Å²) in [7, 11) is 0. The van der Waals surface area contributed by atoms with Gasteiger partial charge in [0.25, 0.3) is 0 Å². The summed E-state index contributed by atoms with van der Waals surface area (Å²) in [5.41, 5.74) is 1.14. The lowest BCUT2D eigenvalue weighted by atomic mass is 10.1. The fourth-order valence-electron chi connectivity index (χ4n) is 3.50. The Kier molecular flexibility index (Phi) is 10.8. The SMILES string of the molecule is CCCCCC#Cc1c(CCCCCC)sc2c(OC(=O)N(CC)CC)cccc12. The van der Waals surface area contributed by atoms with E-state index in [1.165, 1.54) is 43.4 Å². The Labute approximate surface area is 186 Å². The van der Waals surface area contributed by atoms with Crippen molar-refractivity contribution >= 4 is 27.5 Å². The number of rotatable bonds is 11. The van der Waals surface area contributed by atoms with Crippen LogP contribution in [-0.4, -0.2) is 24.1 Å². The zero-order chi connectivity index (χ0) is 21.8. The van der Waals surface area contributed by atoms with Gasteiger partial charge in [0.2, 0.25) is 0 Å². The van der Waals surface area contributed by atoms with Gasteiger partial charge in [-0.2, -0.15) is 0 Å². The second-order valence-corrected chi connectivity index (χ2v) is 8.75. The lowest BCUT2D eigenvalue weighted by molar-refractivity contribution is 0.158. The van der Waals surface area contributed by atoms with Crippen molar-refractivity contribution in [3.8, 4) is 17.6 Å². The van der Waals surface area contributed by atoms with E-state index in [9.17, 15) is 4.79 Å². The quantitative estimate of drug-likeness (QED) is 0.270. The number of hydrogen-bond donors (Lipinski definition) is 0. The maximum absolute atomic E-state index is 12.5. The molecule has 164 valence electrons. The number of ether oxygens (including phenoxy) is 1. The highest BCUT2D eigenvalue weighted by molar-refractivity contribution is 7.19. The minimum atomic E-state index is -0.280. The Hall–Kier alpha value is -1.99. The molecule has 0 aliphatic carbocycles. The predicted molar refractivity (Wildman–Crippen MR) is 130 cm³/mol. The molecule has 2 rings (SSSR count). The number of fused-ring (bicyclic) bond motifs is 1. The molecule has 0 bridgehead atoms. The maximum atomic E-state index is 12.5. The number of carbonyl (C=O) groups is 1. The second-order valence-electron chi connectivity index (χ2n) is 7.64. The largest absolute Gasteiger partial charge is 0.415 e. The first-order valence-electron chi connectivity index (χ1n) is 11.7. The molecule has 0 N–H and O–H groups in total. The van der Waals surface area contributed by atoms with Crippen molar-refractivity contribution in [2.24, 2.45) is 0 Å². The number of unbranched alkanes of at least 4 members (excludes halogenated alkanes) is 6. The molecule has 2 aromatic rings. The molecule has 0 saturated heterocycles. The first-order chi connectivity index (χ1) is 14.7. The van der Waals surface area contributed by atoms with Crippen molar-refractivity contribution < 1.29 is 9.53 Å². The van der Waals surface area contributed by atoms with Crippen LogP contribution in [0, 0.1) is 11.8 Å². The number of thiophene rings is 1. The molecule has 0 atom stereocenters. The van der Waals surface area contributed by atoms with E-state index in [4.69, 9.17) is 4.74 Å². The van der Waals surface area contributed by atoms with Gasteiger partial charge in [0.15, 0.2) is 5.75 Å². The summed E-state index contributed by atoms with van der Waals surface area (Å²) in [6.45, 7) is 9.69. The summed E-state index contributed by atoms with van der Waals surface area (Å²) in [6.07, 6.45) is 10.2. The molecule has 0 radical (unpaired) electrons.